The standard InChI is InChI=1S/C17H21F3NO5S/c1-4-15-7-5-6-9-21(15)14(3)8-10-27(23,24)26-11-13(2)16(22)25-12-17(18,19)20/h4-7,9,11,14H,1,8,10,12H2,2-3H3/q+1/t14-/m1/s1. The Morgan fingerprint density at radius 1 is 1.37 bits per heavy atom. The number of hydrogen-bond acceptors (Lipinski definition) is 5. The van der Waals surface area contributed by atoms with Crippen LogP contribution in [0.1, 0.15) is 32.0 Å². The van der Waals surface area contributed by atoms with E-state index in [1.807, 2.05) is 23.6 Å². The van der Waals surface area contributed by atoms with Crippen molar-refractivity contribution in [2.24, 2.45) is 0 Å². The molecule has 0 aliphatic rings. The molecule has 0 aromatic carbocycles. The lowest BCUT2D eigenvalue weighted by atomic mass is 10.2. The number of carbonyl (C=O) groups excluding carboxylic acids is 1. The molecule has 150 valence electrons. The van der Waals surface area contributed by atoms with Crippen LogP contribution >= 0.6 is 0 Å². The molecule has 0 radical (unpaired) electrons. The molecule has 1 rings (SSSR count). The van der Waals surface area contributed by atoms with Gasteiger partial charge < -0.3 is 8.92 Å². The van der Waals surface area contributed by atoms with E-state index >= 15 is 0 Å². The fourth-order valence-corrected chi connectivity index (χ4v) is 3.02. The second-order valence-electron chi connectivity index (χ2n) is 5.72. The number of carbonyl (C=O) groups is 1. The van der Waals surface area contributed by atoms with E-state index < -0.39 is 34.4 Å². The zero-order valence-corrected chi connectivity index (χ0v) is 15.7. The molecule has 1 aromatic rings. The third-order valence-electron chi connectivity index (χ3n) is 3.45. The van der Waals surface area contributed by atoms with Gasteiger partial charge in [0.15, 0.2) is 18.8 Å². The zero-order valence-electron chi connectivity index (χ0n) is 14.9. The average Bonchev–Trinajstić information content (AvgIpc) is 2.61. The van der Waals surface area contributed by atoms with Gasteiger partial charge >= 0.3 is 22.3 Å². The van der Waals surface area contributed by atoms with Gasteiger partial charge in [0, 0.05) is 24.6 Å². The molecule has 0 fully saturated rings. The Balaban J connectivity index is 2.62. The lowest BCUT2D eigenvalue weighted by Gasteiger charge is -2.10. The van der Waals surface area contributed by atoms with Crippen LogP contribution in [0.25, 0.3) is 6.08 Å². The Kier molecular flexibility index (Phi) is 8.01. The number of aromatic nitrogens is 1. The highest BCUT2D eigenvalue weighted by molar-refractivity contribution is 7.86. The summed E-state index contributed by atoms with van der Waals surface area (Å²) in [6.07, 6.45) is -0.457. The molecular formula is C17H21F3NO5S+. The van der Waals surface area contributed by atoms with Crippen LogP contribution in [0, 0.1) is 0 Å². The molecule has 0 aliphatic heterocycles. The van der Waals surface area contributed by atoms with Crippen LogP contribution in [0.2, 0.25) is 0 Å². The molecule has 0 aliphatic carbocycles. The maximum absolute atomic E-state index is 12.0. The maximum atomic E-state index is 12.0. The van der Waals surface area contributed by atoms with E-state index in [0.29, 0.717) is 6.26 Å². The number of hydrogen-bond donors (Lipinski definition) is 0. The lowest BCUT2D eigenvalue weighted by Crippen LogP contribution is -2.41. The highest BCUT2D eigenvalue weighted by atomic mass is 32.2. The summed E-state index contributed by atoms with van der Waals surface area (Å²) in [6, 6.07) is 5.27. The van der Waals surface area contributed by atoms with Gasteiger partial charge in [-0.1, -0.05) is 6.58 Å². The van der Waals surface area contributed by atoms with Gasteiger partial charge in [-0.25, -0.2) is 4.79 Å². The summed E-state index contributed by atoms with van der Waals surface area (Å²) in [6.45, 7) is 4.84. The minimum absolute atomic E-state index is 0.181. The molecule has 6 nitrogen and oxygen atoms in total. The normalized spacial score (nSPS) is 13.7. The minimum atomic E-state index is -4.67. The molecule has 0 spiro atoms. The van der Waals surface area contributed by atoms with E-state index in [1.165, 1.54) is 0 Å². The van der Waals surface area contributed by atoms with Crippen molar-refractivity contribution in [1.82, 2.24) is 0 Å². The van der Waals surface area contributed by atoms with Gasteiger partial charge in [0.1, 0.15) is 6.26 Å². The van der Waals surface area contributed by atoms with Crippen molar-refractivity contribution in [3.05, 3.63) is 48.5 Å². The summed E-state index contributed by atoms with van der Waals surface area (Å²) in [5.74, 6) is -1.67. The average molecular weight is 408 g/mol. The maximum Gasteiger partial charge on any atom is 0.422 e. The molecule has 0 saturated carbocycles. The van der Waals surface area contributed by atoms with Crippen molar-refractivity contribution in [3.63, 3.8) is 0 Å². The van der Waals surface area contributed by atoms with Crippen molar-refractivity contribution >= 4 is 22.2 Å². The van der Waals surface area contributed by atoms with Gasteiger partial charge in [0.25, 0.3) is 0 Å². The first-order chi connectivity index (χ1) is 12.4. The molecule has 1 aromatic heterocycles. The van der Waals surface area contributed by atoms with Crippen LogP contribution in [0.4, 0.5) is 13.2 Å². The number of alkyl halides is 3. The van der Waals surface area contributed by atoms with E-state index in [2.05, 4.69) is 15.5 Å². The Bertz CT molecular complexity index is 803. The van der Waals surface area contributed by atoms with Crippen LogP contribution in [0.3, 0.4) is 0 Å². The van der Waals surface area contributed by atoms with Crippen LogP contribution in [-0.4, -0.2) is 32.9 Å². The lowest BCUT2D eigenvalue weighted by molar-refractivity contribution is -0.721. The van der Waals surface area contributed by atoms with Crippen molar-refractivity contribution in [2.45, 2.75) is 32.5 Å². The van der Waals surface area contributed by atoms with Crippen LogP contribution in [0.15, 0.2) is 42.8 Å². The third-order valence-corrected chi connectivity index (χ3v) is 4.58. The van der Waals surface area contributed by atoms with Crippen LogP contribution < -0.4 is 4.57 Å². The number of halogens is 3. The van der Waals surface area contributed by atoms with E-state index in [9.17, 15) is 26.4 Å². The molecule has 27 heavy (non-hydrogen) atoms. The second-order valence-corrected chi connectivity index (χ2v) is 7.44. The number of rotatable bonds is 9. The Hall–Kier alpha value is -2.36. The second kappa shape index (κ2) is 9.54. The predicted molar refractivity (Wildman–Crippen MR) is 91.7 cm³/mol. The summed E-state index contributed by atoms with van der Waals surface area (Å²) < 4.78 is 70.3. The SMILES string of the molecule is C=Cc1cccc[n+]1[C@H](C)CCS(=O)(=O)OC=C(C)C(=O)OCC(F)(F)F. The van der Waals surface area contributed by atoms with Gasteiger partial charge in [0.2, 0.25) is 5.69 Å². The summed E-state index contributed by atoms with van der Waals surface area (Å²) in [7, 11) is -4.02. The number of pyridine rings is 1. The topological polar surface area (TPSA) is 73.5 Å². The van der Waals surface area contributed by atoms with E-state index in [0.717, 1.165) is 12.6 Å². The summed E-state index contributed by atoms with van der Waals surface area (Å²) in [5, 5.41) is 0. The molecule has 0 amide bonds. The number of nitrogens with zero attached hydrogens (tertiary/aromatic N) is 1. The minimum Gasteiger partial charge on any atom is -0.453 e. The number of esters is 1. The molecule has 0 N–H and O–H groups in total. The largest absolute Gasteiger partial charge is 0.453 e. The first kappa shape index (κ1) is 22.7. The number of ether oxygens (including phenoxy) is 1. The molecule has 0 unspecified atom stereocenters. The third kappa shape index (κ3) is 8.25. The Morgan fingerprint density at radius 3 is 2.63 bits per heavy atom. The summed E-state index contributed by atoms with van der Waals surface area (Å²) in [5.41, 5.74) is 0.411. The highest BCUT2D eigenvalue weighted by Gasteiger charge is 2.30. The van der Waals surface area contributed by atoms with Gasteiger partial charge in [-0.3, -0.25) is 0 Å². The van der Waals surface area contributed by atoms with Gasteiger partial charge in [0.05, 0.1) is 11.3 Å². The first-order valence-corrected chi connectivity index (χ1v) is 9.47. The highest BCUT2D eigenvalue weighted by Crippen LogP contribution is 2.15. The Morgan fingerprint density at radius 2 is 2.04 bits per heavy atom. The van der Waals surface area contributed by atoms with Gasteiger partial charge in [-0.2, -0.15) is 26.2 Å². The Labute approximate surface area is 156 Å². The molecule has 0 saturated heterocycles. The summed E-state index contributed by atoms with van der Waals surface area (Å²) >= 11 is 0. The van der Waals surface area contributed by atoms with E-state index in [4.69, 9.17) is 0 Å². The predicted octanol–water partition coefficient (Wildman–Crippen LogP) is 2.92. The van der Waals surface area contributed by atoms with E-state index in [-0.39, 0.29) is 18.2 Å². The van der Waals surface area contributed by atoms with Crippen molar-refractivity contribution in [2.75, 3.05) is 12.4 Å². The summed E-state index contributed by atoms with van der Waals surface area (Å²) in [4.78, 5) is 11.4. The van der Waals surface area contributed by atoms with Gasteiger partial charge in [-0.15, -0.1) is 0 Å². The quantitative estimate of drug-likeness (QED) is 0.207. The fraction of sp³-hybridized carbons (Fsp3) is 0.412. The monoisotopic (exact) mass is 408 g/mol. The van der Waals surface area contributed by atoms with E-state index in [1.54, 1.807) is 18.3 Å². The van der Waals surface area contributed by atoms with Crippen LogP contribution in [-0.2, 0) is 23.8 Å². The molecule has 1 heterocycles. The van der Waals surface area contributed by atoms with Crippen molar-refractivity contribution < 1.29 is 39.9 Å². The molecular weight excluding hydrogens is 387 g/mol. The smallest absolute Gasteiger partial charge is 0.422 e. The fourth-order valence-electron chi connectivity index (χ4n) is 2.00. The molecule has 0 bridgehead atoms. The zero-order chi connectivity index (χ0) is 20.7. The first-order valence-electron chi connectivity index (χ1n) is 7.89. The molecule has 10 heteroatoms. The van der Waals surface area contributed by atoms with Crippen LogP contribution in [0.5, 0.6) is 0 Å². The van der Waals surface area contributed by atoms with Crippen molar-refractivity contribution in [3.8, 4) is 0 Å². The van der Waals surface area contributed by atoms with Crippen molar-refractivity contribution in [1.29, 1.82) is 0 Å². The van der Waals surface area contributed by atoms with Gasteiger partial charge in [-0.05, 0) is 19.9 Å². The molecule has 1 atom stereocenters.